The van der Waals surface area contributed by atoms with Gasteiger partial charge in [0.1, 0.15) is 6.33 Å². The standard InChI is InChI=1S/C14H17N5O/c1-18-9-16-17-13(18)12-3-2-8-19(12)14(20)10-4-6-11(15)7-5-10/h4-7,9,12H,2-3,8,15H2,1H3. The van der Waals surface area contributed by atoms with E-state index in [1.165, 1.54) is 0 Å². The van der Waals surface area contributed by atoms with E-state index in [0.717, 1.165) is 25.2 Å². The second kappa shape index (κ2) is 4.96. The fraction of sp³-hybridized carbons (Fsp3) is 0.357. The summed E-state index contributed by atoms with van der Waals surface area (Å²) < 4.78 is 1.87. The lowest BCUT2D eigenvalue weighted by molar-refractivity contribution is 0.0728. The molecule has 6 nitrogen and oxygen atoms in total. The summed E-state index contributed by atoms with van der Waals surface area (Å²) in [5.41, 5.74) is 6.98. The second-order valence-electron chi connectivity index (χ2n) is 5.08. The number of nitrogen functional groups attached to an aromatic ring is 1. The molecule has 1 aromatic carbocycles. The van der Waals surface area contributed by atoms with Crippen molar-refractivity contribution in [2.75, 3.05) is 12.3 Å². The molecule has 1 fully saturated rings. The van der Waals surface area contributed by atoms with Crippen molar-refractivity contribution in [3.8, 4) is 0 Å². The SMILES string of the molecule is Cn1cnnc1C1CCCN1C(=O)c1ccc(N)cc1. The van der Waals surface area contributed by atoms with Crippen molar-refractivity contribution in [2.24, 2.45) is 7.05 Å². The number of anilines is 1. The van der Waals surface area contributed by atoms with Gasteiger partial charge in [-0.15, -0.1) is 10.2 Å². The number of carbonyl (C=O) groups excluding carboxylic acids is 1. The Morgan fingerprint density at radius 3 is 2.75 bits per heavy atom. The van der Waals surface area contributed by atoms with Gasteiger partial charge in [-0.05, 0) is 37.1 Å². The Balaban J connectivity index is 1.87. The number of rotatable bonds is 2. The van der Waals surface area contributed by atoms with Crippen LogP contribution in [0, 0.1) is 0 Å². The number of likely N-dealkylation sites (tertiary alicyclic amines) is 1. The zero-order valence-corrected chi connectivity index (χ0v) is 11.4. The summed E-state index contributed by atoms with van der Waals surface area (Å²) in [4.78, 5) is 14.5. The maximum atomic E-state index is 12.6. The summed E-state index contributed by atoms with van der Waals surface area (Å²) in [5.74, 6) is 0.863. The van der Waals surface area contributed by atoms with E-state index >= 15 is 0 Å². The third kappa shape index (κ3) is 2.13. The van der Waals surface area contributed by atoms with Crippen LogP contribution in [0.25, 0.3) is 0 Å². The highest BCUT2D eigenvalue weighted by Crippen LogP contribution is 2.31. The van der Waals surface area contributed by atoms with Gasteiger partial charge in [0, 0.05) is 24.8 Å². The van der Waals surface area contributed by atoms with Crippen LogP contribution >= 0.6 is 0 Å². The summed E-state index contributed by atoms with van der Waals surface area (Å²) in [5, 5.41) is 8.04. The molecule has 1 aromatic heterocycles. The highest BCUT2D eigenvalue weighted by molar-refractivity contribution is 5.94. The van der Waals surface area contributed by atoms with E-state index in [2.05, 4.69) is 10.2 Å². The number of nitrogens with two attached hydrogens (primary N) is 1. The van der Waals surface area contributed by atoms with Crippen molar-refractivity contribution >= 4 is 11.6 Å². The fourth-order valence-electron chi connectivity index (χ4n) is 2.66. The van der Waals surface area contributed by atoms with Crippen LogP contribution in [-0.2, 0) is 7.05 Å². The Bertz CT molecular complexity index is 619. The molecule has 0 spiro atoms. The summed E-state index contributed by atoms with van der Waals surface area (Å²) in [7, 11) is 1.90. The van der Waals surface area contributed by atoms with Crippen LogP contribution in [0.4, 0.5) is 5.69 Å². The lowest BCUT2D eigenvalue weighted by Gasteiger charge is -2.24. The maximum absolute atomic E-state index is 12.6. The average molecular weight is 271 g/mol. The third-order valence-electron chi connectivity index (χ3n) is 3.72. The van der Waals surface area contributed by atoms with Crippen LogP contribution < -0.4 is 5.73 Å². The molecule has 20 heavy (non-hydrogen) atoms. The Labute approximate surface area is 117 Å². The number of amides is 1. The number of nitrogens with zero attached hydrogens (tertiary/aromatic N) is 4. The number of benzene rings is 1. The minimum absolute atomic E-state index is 0.00699. The first-order valence-electron chi connectivity index (χ1n) is 6.67. The Morgan fingerprint density at radius 2 is 2.10 bits per heavy atom. The number of carbonyl (C=O) groups is 1. The van der Waals surface area contributed by atoms with E-state index < -0.39 is 0 Å². The lowest BCUT2D eigenvalue weighted by Crippen LogP contribution is -2.31. The summed E-state index contributed by atoms with van der Waals surface area (Å²) in [6.45, 7) is 0.751. The molecule has 0 aliphatic carbocycles. The predicted molar refractivity (Wildman–Crippen MR) is 74.9 cm³/mol. The van der Waals surface area contributed by atoms with Crippen LogP contribution in [0.2, 0.25) is 0 Å². The van der Waals surface area contributed by atoms with Crippen LogP contribution in [0.15, 0.2) is 30.6 Å². The van der Waals surface area contributed by atoms with Gasteiger partial charge in [-0.25, -0.2) is 0 Å². The van der Waals surface area contributed by atoms with Crippen molar-refractivity contribution in [3.63, 3.8) is 0 Å². The van der Waals surface area contributed by atoms with Gasteiger partial charge in [0.2, 0.25) is 0 Å². The van der Waals surface area contributed by atoms with E-state index in [1.807, 2.05) is 16.5 Å². The first-order valence-corrected chi connectivity index (χ1v) is 6.67. The Kier molecular flexibility index (Phi) is 3.14. The van der Waals surface area contributed by atoms with Gasteiger partial charge < -0.3 is 15.2 Å². The molecule has 1 amide bonds. The highest BCUT2D eigenvalue weighted by atomic mass is 16.2. The van der Waals surface area contributed by atoms with Gasteiger partial charge in [0.25, 0.3) is 5.91 Å². The zero-order chi connectivity index (χ0) is 14.1. The van der Waals surface area contributed by atoms with Crippen molar-refractivity contribution in [3.05, 3.63) is 42.0 Å². The van der Waals surface area contributed by atoms with Gasteiger partial charge in [0.05, 0.1) is 6.04 Å². The molecule has 1 atom stereocenters. The molecule has 1 saturated heterocycles. The molecule has 0 radical (unpaired) electrons. The molecule has 2 aromatic rings. The molecule has 0 saturated carbocycles. The van der Waals surface area contributed by atoms with E-state index in [9.17, 15) is 4.79 Å². The van der Waals surface area contributed by atoms with E-state index in [4.69, 9.17) is 5.73 Å². The number of aryl methyl sites for hydroxylation is 1. The van der Waals surface area contributed by atoms with Crippen molar-refractivity contribution < 1.29 is 4.79 Å². The molecule has 3 rings (SSSR count). The third-order valence-corrected chi connectivity index (χ3v) is 3.72. The van der Waals surface area contributed by atoms with Crippen LogP contribution in [0.5, 0.6) is 0 Å². The van der Waals surface area contributed by atoms with Crippen molar-refractivity contribution in [1.29, 1.82) is 0 Å². The van der Waals surface area contributed by atoms with Gasteiger partial charge in [0.15, 0.2) is 5.82 Å². The summed E-state index contributed by atoms with van der Waals surface area (Å²) >= 11 is 0. The molecular formula is C14H17N5O. The van der Waals surface area contributed by atoms with Gasteiger partial charge in [-0.2, -0.15) is 0 Å². The van der Waals surface area contributed by atoms with Crippen molar-refractivity contribution in [1.82, 2.24) is 19.7 Å². The molecule has 2 heterocycles. The summed E-state index contributed by atoms with van der Waals surface area (Å²) in [6, 6.07) is 7.04. The molecule has 1 aliphatic rings. The quantitative estimate of drug-likeness (QED) is 0.837. The number of hydrogen-bond donors (Lipinski definition) is 1. The molecule has 2 N–H and O–H groups in total. The summed E-state index contributed by atoms with van der Waals surface area (Å²) in [6.07, 6.45) is 3.57. The Hall–Kier alpha value is -2.37. The number of hydrogen-bond acceptors (Lipinski definition) is 4. The maximum Gasteiger partial charge on any atom is 0.254 e. The average Bonchev–Trinajstić information content (AvgIpc) is 3.07. The molecule has 0 bridgehead atoms. The molecule has 6 heteroatoms. The minimum atomic E-state index is 0.00699. The highest BCUT2D eigenvalue weighted by Gasteiger charge is 2.33. The largest absolute Gasteiger partial charge is 0.399 e. The predicted octanol–water partition coefficient (Wildman–Crippen LogP) is 1.37. The smallest absolute Gasteiger partial charge is 0.254 e. The van der Waals surface area contributed by atoms with Gasteiger partial charge >= 0.3 is 0 Å². The van der Waals surface area contributed by atoms with E-state index in [0.29, 0.717) is 11.3 Å². The van der Waals surface area contributed by atoms with Crippen molar-refractivity contribution in [2.45, 2.75) is 18.9 Å². The van der Waals surface area contributed by atoms with Gasteiger partial charge in [-0.1, -0.05) is 0 Å². The molecule has 1 aliphatic heterocycles. The van der Waals surface area contributed by atoms with Crippen LogP contribution in [0.1, 0.15) is 35.1 Å². The molecular weight excluding hydrogens is 254 g/mol. The zero-order valence-electron chi connectivity index (χ0n) is 11.4. The van der Waals surface area contributed by atoms with E-state index in [1.54, 1.807) is 30.6 Å². The fourth-order valence-corrected chi connectivity index (χ4v) is 2.66. The van der Waals surface area contributed by atoms with E-state index in [-0.39, 0.29) is 11.9 Å². The van der Waals surface area contributed by atoms with Gasteiger partial charge in [-0.3, -0.25) is 4.79 Å². The Morgan fingerprint density at radius 1 is 1.35 bits per heavy atom. The second-order valence-corrected chi connectivity index (χ2v) is 5.08. The topological polar surface area (TPSA) is 77.0 Å². The normalized spacial score (nSPS) is 18.4. The monoisotopic (exact) mass is 271 g/mol. The molecule has 104 valence electrons. The first-order chi connectivity index (χ1) is 9.66. The lowest BCUT2D eigenvalue weighted by atomic mass is 10.1. The van der Waals surface area contributed by atoms with Crippen LogP contribution in [-0.4, -0.2) is 32.1 Å². The first kappa shape index (κ1) is 12.7. The van der Waals surface area contributed by atoms with Crippen LogP contribution in [0.3, 0.4) is 0 Å². The number of aromatic nitrogens is 3. The minimum Gasteiger partial charge on any atom is -0.399 e. The molecule has 1 unspecified atom stereocenters.